The second-order valence-electron chi connectivity index (χ2n) is 5.14. The maximum Gasteiger partial charge on any atom is 0.387 e. The third-order valence-electron chi connectivity index (χ3n) is 3.07. The van der Waals surface area contributed by atoms with Crippen LogP contribution in [0.25, 0.3) is 0 Å². The molecule has 1 aromatic rings. The molecule has 0 heterocycles. The lowest BCUT2D eigenvalue weighted by Gasteiger charge is -2.16. The predicted octanol–water partition coefficient (Wildman–Crippen LogP) is 3.28. The highest BCUT2D eigenvalue weighted by atomic mass is 19.3. The smallest absolute Gasteiger partial charge is 0.387 e. The predicted molar refractivity (Wildman–Crippen MR) is 77.3 cm³/mol. The van der Waals surface area contributed by atoms with E-state index < -0.39 is 6.61 Å². The van der Waals surface area contributed by atoms with Gasteiger partial charge in [0.1, 0.15) is 5.75 Å². The first-order valence-electron chi connectivity index (χ1n) is 6.92. The van der Waals surface area contributed by atoms with Crippen molar-refractivity contribution < 1.29 is 13.5 Å². The second kappa shape index (κ2) is 8.87. The van der Waals surface area contributed by atoms with Crippen molar-refractivity contribution in [1.29, 1.82) is 0 Å². The van der Waals surface area contributed by atoms with Gasteiger partial charge in [-0.15, -0.1) is 0 Å². The van der Waals surface area contributed by atoms with E-state index in [1.807, 2.05) is 13.0 Å². The minimum absolute atomic E-state index is 0.121. The molecule has 0 amide bonds. The Hall–Kier alpha value is -1.20. The zero-order valence-corrected chi connectivity index (χ0v) is 12.4. The molecular weight excluding hydrogens is 262 g/mol. The molecule has 0 aliphatic heterocycles. The van der Waals surface area contributed by atoms with Gasteiger partial charge in [0.05, 0.1) is 0 Å². The van der Waals surface area contributed by atoms with E-state index in [1.54, 1.807) is 18.2 Å². The van der Waals surface area contributed by atoms with Crippen molar-refractivity contribution in [3.05, 3.63) is 29.8 Å². The lowest BCUT2D eigenvalue weighted by molar-refractivity contribution is -0.0499. The second-order valence-corrected chi connectivity index (χ2v) is 5.14. The fourth-order valence-electron chi connectivity index (χ4n) is 1.95. The van der Waals surface area contributed by atoms with E-state index in [4.69, 9.17) is 0 Å². The van der Waals surface area contributed by atoms with E-state index in [-0.39, 0.29) is 11.8 Å². The molecule has 0 aromatic heterocycles. The SMILES string of the molecule is CC(NCCCCN(C)C)c1cccc(OC(F)F)c1. The van der Waals surface area contributed by atoms with Gasteiger partial charge in [-0.25, -0.2) is 0 Å². The lowest BCUT2D eigenvalue weighted by atomic mass is 10.1. The highest BCUT2D eigenvalue weighted by molar-refractivity contribution is 5.30. The molecule has 20 heavy (non-hydrogen) atoms. The summed E-state index contributed by atoms with van der Waals surface area (Å²) in [5.41, 5.74) is 0.954. The summed E-state index contributed by atoms with van der Waals surface area (Å²) in [4.78, 5) is 2.16. The number of unbranched alkanes of at least 4 members (excludes halogenated alkanes) is 1. The molecule has 0 spiro atoms. The Morgan fingerprint density at radius 2 is 2.00 bits per heavy atom. The van der Waals surface area contributed by atoms with Crippen molar-refractivity contribution in [1.82, 2.24) is 10.2 Å². The van der Waals surface area contributed by atoms with E-state index in [2.05, 4.69) is 29.0 Å². The lowest BCUT2D eigenvalue weighted by Crippen LogP contribution is -2.21. The molecule has 0 bridgehead atoms. The van der Waals surface area contributed by atoms with Crippen LogP contribution in [0, 0.1) is 0 Å². The van der Waals surface area contributed by atoms with Crippen LogP contribution in [0.5, 0.6) is 5.75 Å². The maximum absolute atomic E-state index is 12.2. The van der Waals surface area contributed by atoms with Crippen LogP contribution in [0.15, 0.2) is 24.3 Å². The molecular formula is C15H24F2N2O. The number of ether oxygens (including phenoxy) is 1. The van der Waals surface area contributed by atoms with Gasteiger partial charge in [-0.1, -0.05) is 12.1 Å². The van der Waals surface area contributed by atoms with Crippen LogP contribution in [0.4, 0.5) is 8.78 Å². The standard InChI is InChI=1S/C15H24F2N2O/c1-12(18-9-4-5-10-19(2)3)13-7-6-8-14(11-13)20-15(16)17/h6-8,11-12,15,18H,4-5,9-10H2,1-3H3. The van der Waals surface area contributed by atoms with Gasteiger partial charge >= 0.3 is 6.61 Å². The average Bonchev–Trinajstić information content (AvgIpc) is 2.37. The molecule has 0 fully saturated rings. The van der Waals surface area contributed by atoms with E-state index in [1.165, 1.54) is 0 Å². The number of nitrogens with one attached hydrogen (secondary N) is 1. The Bertz CT molecular complexity index is 386. The number of hydrogen-bond donors (Lipinski definition) is 1. The highest BCUT2D eigenvalue weighted by Gasteiger charge is 2.08. The van der Waals surface area contributed by atoms with Crippen LogP contribution in [0.2, 0.25) is 0 Å². The summed E-state index contributed by atoms with van der Waals surface area (Å²) in [6, 6.07) is 6.96. The Morgan fingerprint density at radius 1 is 1.25 bits per heavy atom. The first kappa shape index (κ1) is 16.9. The van der Waals surface area contributed by atoms with Gasteiger partial charge in [-0.3, -0.25) is 0 Å². The molecule has 5 heteroatoms. The van der Waals surface area contributed by atoms with Gasteiger partial charge in [0.25, 0.3) is 0 Å². The number of halogens is 2. The van der Waals surface area contributed by atoms with Crippen molar-refractivity contribution in [2.45, 2.75) is 32.4 Å². The molecule has 1 unspecified atom stereocenters. The number of alkyl halides is 2. The summed E-state index contributed by atoms with van der Waals surface area (Å²) in [5.74, 6) is 0.207. The molecule has 0 radical (unpaired) electrons. The van der Waals surface area contributed by atoms with Gasteiger partial charge in [-0.05, 0) is 64.6 Å². The number of hydrogen-bond acceptors (Lipinski definition) is 3. The zero-order valence-electron chi connectivity index (χ0n) is 12.4. The van der Waals surface area contributed by atoms with E-state index in [0.29, 0.717) is 0 Å². The molecule has 1 aromatic carbocycles. The Labute approximate surface area is 119 Å². The summed E-state index contributed by atoms with van der Waals surface area (Å²) in [7, 11) is 4.12. The quantitative estimate of drug-likeness (QED) is 0.705. The van der Waals surface area contributed by atoms with E-state index in [0.717, 1.165) is 31.5 Å². The van der Waals surface area contributed by atoms with Crippen molar-refractivity contribution in [3.8, 4) is 5.75 Å². The third-order valence-corrected chi connectivity index (χ3v) is 3.07. The zero-order chi connectivity index (χ0) is 15.0. The van der Waals surface area contributed by atoms with E-state index in [9.17, 15) is 8.78 Å². The summed E-state index contributed by atoms with van der Waals surface area (Å²) in [6.07, 6.45) is 2.23. The minimum atomic E-state index is -2.78. The number of nitrogens with zero attached hydrogens (tertiary/aromatic N) is 1. The third kappa shape index (κ3) is 6.82. The molecule has 0 aliphatic carbocycles. The van der Waals surface area contributed by atoms with Crippen molar-refractivity contribution >= 4 is 0 Å². The largest absolute Gasteiger partial charge is 0.435 e. The molecule has 1 atom stereocenters. The van der Waals surface area contributed by atoms with Crippen LogP contribution in [-0.2, 0) is 0 Å². The van der Waals surface area contributed by atoms with Crippen molar-refractivity contribution in [2.24, 2.45) is 0 Å². The fourth-order valence-corrected chi connectivity index (χ4v) is 1.95. The van der Waals surface area contributed by atoms with Crippen LogP contribution >= 0.6 is 0 Å². The molecule has 1 N–H and O–H groups in total. The monoisotopic (exact) mass is 286 g/mol. The number of benzene rings is 1. The first-order valence-corrected chi connectivity index (χ1v) is 6.92. The Balaban J connectivity index is 2.37. The van der Waals surface area contributed by atoms with Crippen LogP contribution in [-0.4, -0.2) is 38.7 Å². The van der Waals surface area contributed by atoms with Gasteiger partial charge in [0, 0.05) is 6.04 Å². The minimum Gasteiger partial charge on any atom is -0.435 e. The van der Waals surface area contributed by atoms with Crippen molar-refractivity contribution in [3.63, 3.8) is 0 Å². The summed E-state index contributed by atoms with van der Waals surface area (Å²) < 4.78 is 28.7. The van der Waals surface area contributed by atoms with Gasteiger partial charge in [-0.2, -0.15) is 8.78 Å². The molecule has 1 rings (SSSR count). The molecule has 0 saturated heterocycles. The van der Waals surface area contributed by atoms with Crippen molar-refractivity contribution in [2.75, 3.05) is 27.2 Å². The topological polar surface area (TPSA) is 24.5 Å². The molecule has 0 aliphatic rings. The van der Waals surface area contributed by atoms with Gasteiger partial charge in [0.15, 0.2) is 0 Å². The van der Waals surface area contributed by atoms with Crippen LogP contribution in [0.3, 0.4) is 0 Å². The van der Waals surface area contributed by atoms with E-state index >= 15 is 0 Å². The van der Waals surface area contributed by atoms with Gasteiger partial charge < -0.3 is 15.0 Å². The van der Waals surface area contributed by atoms with Crippen LogP contribution < -0.4 is 10.1 Å². The molecule has 114 valence electrons. The Morgan fingerprint density at radius 3 is 2.65 bits per heavy atom. The molecule has 0 saturated carbocycles. The highest BCUT2D eigenvalue weighted by Crippen LogP contribution is 2.20. The first-order chi connectivity index (χ1) is 9.49. The molecule has 3 nitrogen and oxygen atoms in total. The van der Waals surface area contributed by atoms with Crippen LogP contribution in [0.1, 0.15) is 31.4 Å². The average molecular weight is 286 g/mol. The van der Waals surface area contributed by atoms with Gasteiger partial charge in [0.2, 0.25) is 0 Å². The normalized spacial score (nSPS) is 12.9. The fraction of sp³-hybridized carbons (Fsp3) is 0.600. The summed E-state index contributed by atoms with van der Waals surface area (Å²) in [6.45, 7) is 1.23. The number of rotatable bonds is 9. The maximum atomic E-state index is 12.2. The Kier molecular flexibility index (Phi) is 7.47. The summed E-state index contributed by atoms with van der Waals surface area (Å²) in [5, 5.41) is 3.39. The summed E-state index contributed by atoms with van der Waals surface area (Å²) >= 11 is 0.